The number of esters is 1. The molecule has 21 heavy (non-hydrogen) atoms. The maximum atomic E-state index is 13.3. The van der Waals surface area contributed by atoms with Crippen LogP contribution in [0.3, 0.4) is 0 Å². The van der Waals surface area contributed by atoms with Crippen LogP contribution in [0.4, 0.5) is 10.1 Å². The fourth-order valence-corrected chi connectivity index (χ4v) is 2.33. The van der Waals surface area contributed by atoms with Gasteiger partial charge in [-0.05, 0) is 36.8 Å². The molecule has 0 spiro atoms. The molecule has 116 valence electrons. The molecule has 5 nitrogen and oxygen atoms in total. The second kappa shape index (κ2) is 8.63. The predicted octanol–water partition coefficient (Wildman–Crippen LogP) is 1.70. The Kier molecular flexibility index (Phi) is 7.18. The first-order chi connectivity index (χ1) is 9.93. The molecule has 1 rings (SSSR count). The van der Waals surface area contributed by atoms with Crippen LogP contribution in [0.2, 0.25) is 0 Å². The van der Waals surface area contributed by atoms with Gasteiger partial charge in [-0.15, -0.1) is 0 Å². The van der Waals surface area contributed by atoms with Gasteiger partial charge in [0.1, 0.15) is 11.9 Å². The van der Waals surface area contributed by atoms with Gasteiger partial charge in [0, 0.05) is 5.69 Å². The van der Waals surface area contributed by atoms with Crippen molar-refractivity contribution in [3.8, 4) is 0 Å². The van der Waals surface area contributed by atoms with E-state index in [2.05, 4.69) is 10.1 Å². The van der Waals surface area contributed by atoms with E-state index in [1.807, 2.05) is 0 Å². The van der Waals surface area contributed by atoms with Gasteiger partial charge in [0.2, 0.25) is 5.91 Å². The summed E-state index contributed by atoms with van der Waals surface area (Å²) in [5, 5.41) is 2.61. The van der Waals surface area contributed by atoms with Crippen LogP contribution in [-0.4, -0.2) is 36.5 Å². The molecule has 3 N–H and O–H groups in total. The number of nitrogens with one attached hydrogen (secondary N) is 1. The average Bonchev–Trinajstić information content (AvgIpc) is 2.46. The average molecular weight is 314 g/mol. The van der Waals surface area contributed by atoms with E-state index in [0.29, 0.717) is 23.4 Å². The molecular weight excluding hydrogens is 295 g/mol. The molecule has 1 aromatic carbocycles. The summed E-state index contributed by atoms with van der Waals surface area (Å²) in [5.74, 6) is -0.274. The van der Waals surface area contributed by atoms with Crippen molar-refractivity contribution in [2.24, 2.45) is 5.73 Å². The highest BCUT2D eigenvalue weighted by Crippen LogP contribution is 2.14. The summed E-state index contributed by atoms with van der Waals surface area (Å²) in [5.41, 5.74) is 6.52. The van der Waals surface area contributed by atoms with Crippen molar-refractivity contribution < 1.29 is 18.7 Å². The van der Waals surface area contributed by atoms with E-state index in [4.69, 9.17) is 5.73 Å². The van der Waals surface area contributed by atoms with Crippen molar-refractivity contribution in [3.63, 3.8) is 0 Å². The molecular formula is C14H19FN2O3S. The zero-order valence-electron chi connectivity index (χ0n) is 12.0. The molecule has 1 aromatic rings. The van der Waals surface area contributed by atoms with Gasteiger partial charge in [-0.25, -0.2) is 4.39 Å². The largest absolute Gasteiger partial charge is 0.468 e. The van der Waals surface area contributed by atoms with E-state index in [-0.39, 0.29) is 17.5 Å². The number of benzene rings is 1. The molecule has 7 heteroatoms. The lowest BCUT2D eigenvalue weighted by Crippen LogP contribution is -2.32. The molecule has 1 unspecified atom stereocenters. The second-order valence-corrected chi connectivity index (χ2v) is 5.59. The van der Waals surface area contributed by atoms with Crippen molar-refractivity contribution >= 4 is 29.3 Å². The molecule has 0 aliphatic heterocycles. The third-order valence-electron chi connectivity index (χ3n) is 2.77. The first-order valence-electron chi connectivity index (χ1n) is 6.41. The summed E-state index contributed by atoms with van der Waals surface area (Å²) < 4.78 is 17.8. The Morgan fingerprint density at radius 1 is 1.48 bits per heavy atom. The molecule has 0 heterocycles. The summed E-state index contributed by atoms with van der Waals surface area (Å²) in [6.07, 6.45) is 0.434. The maximum absolute atomic E-state index is 13.3. The molecule has 1 amide bonds. The third-order valence-corrected chi connectivity index (χ3v) is 3.76. The van der Waals surface area contributed by atoms with Crippen molar-refractivity contribution in [2.75, 3.05) is 23.9 Å². The number of ether oxygens (including phenoxy) is 1. The van der Waals surface area contributed by atoms with Gasteiger partial charge in [0.15, 0.2) is 0 Å². The molecule has 0 saturated carbocycles. The van der Waals surface area contributed by atoms with Gasteiger partial charge >= 0.3 is 5.97 Å². The summed E-state index contributed by atoms with van der Waals surface area (Å²) >= 11 is 1.35. The second-order valence-electron chi connectivity index (χ2n) is 4.48. The molecule has 0 saturated heterocycles. The van der Waals surface area contributed by atoms with Gasteiger partial charge in [0.25, 0.3) is 0 Å². The zero-order valence-corrected chi connectivity index (χ0v) is 12.8. The number of hydrogen-bond acceptors (Lipinski definition) is 5. The fraction of sp³-hybridized carbons (Fsp3) is 0.429. The Bertz CT molecular complexity index is 511. The van der Waals surface area contributed by atoms with E-state index in [1.54, 1.807) is 19.1 Å². The number of amides is 1. The van der Waals surface area contributed by atoms with Crippen LogP contribution in [-0.2, 0) is 14.3 Å². The number of methoxy groups -OCH3 is 1. The van der Waals surface area contributed by atoms with Crippen LogP contribution >= 0.6 is 11.8 Å². The highest BCUT2D eigenvalue weighted by atomic mass is 32.2. The van der Waals surface area contributed by atoms with Gasteiger partial charge in [0.05, 0.1) is 12.9 Å². The normalized spacial score (nSPS) is 11.8. The third kappa shape index (κ3) is 6.14. The van der Waals surface area contributed by atoms with Gasteiger partial charge in [-0.1, -0.05) is 6.07 Å². The molecule has 0 aliphatic carbocycles. The van der Waals surface area contributed by atoms with E-state index >= 15 is 0 Å². The molecule has 0 radical (unpaired) electrons. The number of carbonyl (C=O) groups is 2. The molecule has 0 aliphatic rings. The Labute approximate surface area is 127 Å². The molecule has 1 atom stereocenters. The quantitative estimate of drug-likeness (QED) is 0.591. The van der Waals surface area contributed by atoms with Crippen LogP contribution in [0, 0.1) is 12.7 Å². The highest BCUT2D eigenvalue weighted by Gasteiger charge is 2.13. The fourth-order valence-electron chi connectivity index (χ4n) is 1.51. The summed E-state index contributed by atoms with van der Waals surface area (Å²) in [7, 11) is 1.28. The van der Waals surface area contributed by atoms with Gasteiger partial charge in [-0.3, -0.25) is 9.59 Å². The smallest absolute Gasteiger partial charge is 0.322 e. The van der Waals surface area contributed by atoms with Crippen LogP contribution in [0.15, 0.2) is 18.2 Å². The lowest BCUT2D eigenvalue weighted by Gasteiger charge is -2.09. The standard InChI is InChI=1S/C14H19FN2O3S/c1-9-3-4-10(7-11(9)15)17-13(18)8-21-6-5-12(16)14(19)20-2/h3-4,7,12H,5-6,8,16H2,1-2H3,(H,17,18). The summed E-state index contributed by atoms with van der Waals surface area (Å²) in [4.78, 5) is 22.7. The minimum Gasteiger partial charge on any atom is -0.468 e. The van der Waals surface area contributed by atoms with Crippen LogP contribution in [0.25, 0.3) is 0 Å². The lowest BCUT2D eigenvalue weighted by molar-refractivity contribution is -0.142. The first-order valence-corrected chi connectivity index (χ1v) is 7.56. The summed E-state index contributed by atoms with van der Waals surface area (Å²) in [6, 6.07) is 3.86. The van der Waals surface area contributed by atoms with Crippen molar-refractivity contribution in [2.45, 2.75) is 19.4 Å². The first kappa shape index (κ1) is 17.5. The Balaban J connectivity index is 2.28. The summed E-state index contributed by atoms with van der Waals surface area (Å²) in [6.45, 7) is 1.65. The minimum absolute atomic E-state index is 0.212. The van der Waals surface area contributed by atoms with E-state index in [0.717, 1.165) is 0 Å². The lowest BCUT2D eigenvalue weighted by atomic mass is 10.2. The number of rotatable bonds is 7. The number of hydrogen-bond donors (Lipinski definition) is 2. The molecule has 0 fully saturated rings. The van der Waals surface area contributed by atoms with E-state index < -0.39 is 12.0 Å². The van der Waals surface area contributed by atoms with Crippen LogP contribution in [0.1, 0.15) is 12.0 Å². The Hall–Kier alpha value is -1.60. The van der Waals surface area contributed by atoms with Gasteiger partial charge < -0.3 is 15.8 Å². The molecule has 0 aromatic heterocycles. The SMILES string of the molecule is COC(=O)C(N)CCSCC(=O)Nc1ccc(C)c(F)c1. The number of carbonyl (C=O) groups excluding carboxylic acids is 2. The number of anilines is 1. The maximum Gasteiger partial charge on any atom is 0.322 e. The van der Waals surface area contributed by atoms with Crippen molar-refractivity contribution in [1.29, 1.82) is 0 Å². The van der Waals surface area contributed by atoms with E-state index in [9.17, 15) is 14.0 Å². The monoisotopic (exact) mass is 314 g/mol. The zero-order chi connectivity index (χ0) is 15.8. The topological polar surface area (TPSA) is 81.4 Å². The van der Waals surface area contributed by atoms with Crippen LogP contribution in [0.5, 0.6) is 0 Å². The van der Waals surface area contributed by atoms with Crippen LogP contribution < -0.4 is 11.1 Å². The van der Waals surface area contributed by atoms with Crippen molar-refractivity contribution in [3.05, 3.63) is 29.6 Å². The van der Waals surface area contributed by atoms with Gasteiger partial charge in [-0.2, -0.15) is 11.8 Å². The Morgan fingerprint density at radius 2 is 2.19 bits per heavy atom. The predicted molar refractivity (Wildman–Crippen MR) is 81.7 cm³/mol. The number of thioether (sulfide) groups is 1. The minimum atomic E-state index is -0.670. The number of nitrogens with two attached hydrogens (primary N) is 1. The molecule has 0 bridgehead atoms. The Morgan fingerprint density at radius 3 is 2.81 bits per heavy atom. The highest BCUT2D eigenvalue weighted by molar-refractivity contribution is 7.99. The van der Waals surface area contributed by atoms with E-state index in [1.165, 1.54) is 24.9 Å². The number of aryl methyl sites for hydroxylation is 1. The van der Waals surface area contributed by atoms with Crippen molar-refractivity contribution in [1.82, 2.24) is 0 Å². The number of halogens is 1.